The van der Waals surface area contributed by atoms with Crippen LogP contribution in [0.3, 0.4) is 0 Å². The Bertz CT molecular complexity index is 1160. The molecule has 0 radical (unpaired) electrons. The first kappa shape index (κ1) is 20.5. The number of methoxy groups -OCH3 is 2. The fraction of sp³-hybridized carbons (Fsp3) is 0.261. The second kappa shape index (κ2) is 8.14. The number of fused-ring (bicyclic) bond motifs is 3. The molecule has 31 heavy (non-hydrogen) atoms. The molecule has 0 unspecified atom stereocenters. The van der Waals surface area contributed by atoms with Crippen molar-refractivity contribution < 1.29 is 23.8 Å². The van der Waals surface area contributed by atoms with Gasteiger partial charge in [-0.2, -0.15) is 5.10 Å². The quantitative estimate of drug-likeness (QED) is 0.480. The lowest BCUT2D eigenvalue weighted by Gasteiger charge is -2.11. The number of benzene rings is 2. The van der Waals surface area contributed by atoms with Gasteiger partial charge in [0.25, 0.3) is 5.91 Å². The lowest BCUT2D eigenvalue weighted by molar-refractivity contribution is 0.0526. The summed E-state index contributed by atoms with van der Waals surface area (Å²) in [4.78, 5) is 24.8. The van der Waals surface area contributed by atoms with Crippen LogP contribution in [0.15, 0.2) is 36.4 Å². The van der Waals surface area contributed by atoms with Crippen LogP contribution in [0, 0.1) is 0 Å². The molecule has 0 bridgehead atoms. The molecule has 160 valence electrons. The predicted molar refractivity (Wildman–Crippen MR) is 115 cm³/mol. The van der Waals surface area contributed by atoms with Gasteiger partial charge in [-0.25, -0.2) is 4.79 Å². The zero-order valence-corrected chi connectivity index (χ0v) is 17.8. The summed E-state index contributed by atoms with van der Waals surface area (Å²) < 4.78 is 17.5. The van der Waals surface area contributed by atoms with Gasteiger partial charge in [-0.05, 0) is 48.9 Å². The molecule has 0 saturated heterocycles. The molecule has 2 aromatic carbocycles. The number of anilines is 1. The maximum absolute atomic E-state index is 13.0. The summed E-state index contributed by atoms with van der Waals surface area (Å²) in [6, 6.07) is 10.4. The number of amides is 1. The molecule has 0 fully saturated rings. The molecule has 1 amide bonds. The molecule has 0 aliphatic heterocycles. The third-order valence-electron chi connectivity index (χ3n) is 5.25. The van der Waals surface area contributed by atoms with Gasteiger partial charge in [-0.1, -0.05) is 0 Å². The first-order valence-electron chi connectivity index (χ1n) is 9.86. The summed E-state index contributed by atoms with van der Waals surface area (Å²) in [6.45, 7) is 2.06. The first-order chi connectivity index (χ1) is 15.0. The van der Waals surface area contributed by atoms with Crippen molar-refractivity contribution in [2.24, 2.45) is 7.05 Å². The Balaban J connectivity index is 1.60. The number of nitrogens with zero attached hydrogens (tertiary/aromatic N) is 2. The highest BCUT2D eigenvalue weighted by Crippen LogP contribution is 2.43. The topological polar surface area (TPSA) is 91.7 Å². The minimum atomic E-state index is -0.397. The Morgan fingerprint density at radius 1 is 1.10 bits per heavy atom. The molecule has 8 nitrogen and oxygen atoms in total. The summed E-state index contributed by atoms with van der Waals surface area (Å²) in [5.41, 5.74) is 5.12. The highest BCUT2D eigenvalue weighted by molar-refractivity contribution is 6.06. The number of carbonyl (C=O) groups excluding carboxylic acids is 2. The molecule has 1 aliphatic carbocycles. The van der Waals surface area contributed by atoms with Crippen molar-refractivity contribution in [1.29, 1.82) is 0 Å². The van der Waals surface area contributed by atoms with Crippen molar-refractivity contribution in [3.63, 3.8) is 0 Å². The Morgan fingerprint density at radius 2 is 1.77 bits per heavy atom. The number of nitrogens with one attached hydrogen (secondary N) is 1. The van der Waals surface area contributed by atoms with E-state index in [-0.39, 0.29) is 5.91 Å². The monoisotopic (exact) mass is 421 g/mol. The van der Waals surface area contributed by atoms with Crippen LogP contribution in [-0.2, 0) is 18.2 Å². The summed E-state index contributed by atoms with van der Waals surface area (Å²) in [7, 11) is 5.00. The van der Waals surface area contributed by atoms with Gasteiger partial charge in [0.1, 0.15) is 0 Å². The maximum Gasteiger partial charge on any atom is 0.338 e. The van der Waals surface area contributed by atoms with Crippen LogP contribution in [0.25, 0.3) is 11.3 Å². The molecule has 8 heteroatoms. The third-order valence-corrected chi connectivity index (χ3v) is 5.25. The summed E-state index contributed by atoms with van der Waals surface area (Å²) in [5.74, 6) is 0.566. The van der Waals surface area contributed by atoms with Gasteiger partial charge in [-0.3, -0.25) is 9.48 Å². The Kier molecular flexibility index (Phi) is 5.37. The molecule has 0 atom stereocenters. The smallest absolute Gasteiger partial charge is 0.338 e. The normalized spacial score (nSPS) is 11.5. The lowest BCUT2D eigenvalue weighted by Crippen LogP contribution is -2.15. The molecular weight excluding hydrogens is 398 g/mol. The fourth-order valence-electron chi connectivity index (χ4n) is 3.83. The molecule has 1 heterocycles. The Morgan fingerprint density at radius 3 is 2.42 bits per heavy atom. The Hall–Kier alpha value is -3.81. The van der Waals surface area contributed by atoms with E-state index in [4.69, 9.17) is 14.2 Å². The van der Waals surface area contributed by atoms with Crippen molar-refractivity contribution in [3.8, 4) is 22.8 Å². The number of ether oxygens (including phenoxy) is 3. The molecule has 0 saturated carbocycles. The average Bonchev–Trinajstić information content (AvgIpc) is 3.30. The molecule has 1 aliphatic rings. The van der Waals surface area contributed by atoms with Gasteiger partial charge >= 0.3 is 5.97 Å². The lowest BCUT2D eigenvalue weighted by atomic mass is 10.1. The van der Waals surface area contributed by atoms with Crippen molar-refractivity contribution in [3.05, 3.63) is 58.8 Å². The van der Waals surface area contributed by atoms with Crippen LogP contribution >= 0.6 is 0 Å². The predicted octanol–water partition coefficient (Wildman–Crippen LogP) is 3.44. The van der Waals surface area contributed by atoms with Crippen molar-refractivity contribution in [2.75, 3.05) is 26.1 Å². The minimum Gasteiger partial charge on any atom is -0.493 e. The third kappa shape index (κ3) is 3.61. The highest BCUT2D eigenvalue weighted by atomic mass is 16.5. The minimum absolute atomic E-state index is 0.308. The van der Waals surface area contributed by atoms with Gasteiger partial charge in [-0.15, -0.1) is 0 Å². The van der Waals surface area contributed by atoms with E-state index in [0.29, 0.717) is 41.5 Å². The fourth-order valence-corrected chi connectivity index (χ4v) is 3.83. The molecule has 4 rings (SSSR count). The number of aromatic nitrogens is 2. The van der Waals surface area contributed by atoms with Gasteiger partial charge < -0.3 is 19.5 Å². The van der Waals surface area contributed by atoms with Crippen LogP contribution in [0.2, 0.25) is 0 Å². The van der Waals surface area contributed by atoms with Gasteiger partial charge in [0.05, 0.1) is 32.1 Å². The Labute approximate surface area is 179 Å². The van der Waals surface area contributed by atoms with E-state index >= 15 is 0 Å². The number of esters is 1. The summed E-state index contributed by atoms with van der Waals surface area (Å²) in [6.07, 6.45) is 0.573. The summed E-state index contributed by atoms with van der Waals surface area (Å²) in [5, 5.41) is 7.31. The largest absolute Gasteiger partial charge is 0.493 e. The van der Waals surface area contributed by atoms with E-state index in [2.05, 4.69) is 10.4 Å². The van der Waals surface area contributed by atoms with E-state index in [9.17, 15) is 9.59 Å². The second-order valence-corrected chi connectivity index (χ2v) is 7.09. The highest BCUT2D eigenvalue weighted by Gasteiger charge is 2.31. The van der Waals surface area contributed by atoms with Crippen molar-refractivity contribution >= 4 is 17.6 Å². The van der Waals surface area contributed by atoms with E-state index in [1.807, 2.05) is 19.2 Å². The molecular formula is C23H23N3O5. The van der Waals surface area contributed by atoms with Crippen LogP contribution in [-0.4, -0.2) is 42.5 Å². The van der Waals surface area contributed by atoms with Crippen LogP contribution in [0.4, 0.5) is 5.69 Å². The number of carbonyl (C=O) groups is 2. The van der Waals surface area contributed by atoms with Crippen molar-refractivity contribution in [1.82, 2.24) is 9.78 Å². The average molecular weight is 421 g/mol. The standard InChI is InChI=1S/C23H23N3O5/c1-5-31-23(28)13-6-8-15(9-7-13)24-22(27)20-17-10-14-11-18(29-3)19(30-4)12-16(14)21(17)26(2)25-20/h6-9,11-12H,5,10H2,1-4H3,(H,24,27). The zero-order valence-electron chi connectivity index (χ0n) is 17.8. The van der Waals surface area contributed by atoms with E-state index in [1.165, 1.54) is 0 Å². The van der Waals surface area contributed by atoms with Gasteiger partial charge in [0.15, 0.2) is 17.2 Å². The van der Waals surface area contributed by atoms with Crippen LogP contribution in [0.5, 0.6) is 11.5 Å². The van der Waals surface area contributed by atoms with E-state index < -0.39 is 5.97 Å². The van der Waals surface area contributed by atoms with Crippen LogP contribution in [0.1, 0.15) is 38.9 Å². The molecule has 1 N–H and O–H groups in total. The number of aryl methyl sites for hydroxylation is 1. The number of hydrogen-bond donors (Lipinski definition) is 1. The number of hydrogen-bond acceptors (Lipinski definition) is 6. The van der Waals surface area contributed by atoms with E-state index in [1.54, 1.807) is 50.1 Å². The SMILES string of the molecule is CCOC(=O)c1ccc(NC(=O)c2nn(C)c3c2Cc2cc(OC)c(OC)cc2-3)cc1. The zero-order chi connectivity index (χ0) is 22.1. The number of rotatable bonds is 6. The molecule has 0 spiro atoms. The molecule has 3 aromatic rings. The van der Waals surface area contributed by atoms with Crippen molar-refractivity contribution in [2.45, 2.75) is 13.3 Å². The second-order valence-electron chi connectivity index (χ2n) is 7.09. The molecule has 1 aromatic heterocycles. The van der Waals surface area contributed by atoms with Gasteiger partial charge in [0.2, 0.25) is 0 Å². The van der Waals surface area contributed by atoms with Gasteiger partial charge in [0, 0.05) is 30.3 Å². The summed E-state index contributed by atoms with van der Waals surface area (Å²) >= 11 is 0. The van der Waals surface area contributed by atoms with Crippen LogP contribution < -0.4 is 14.8 Å². The maximum atomic E-state index is 13.0. The van der Waals surface area contributed by atoms with E-state index in [0.717, 1.165) is 22.4 Å². The first-order valence-corrected chi connectivity index (χ1v) is 9.86.